The van der Waals surface area contributed by atoms with E-state index >= 15 is 0 Å². The van der Waals surface area contributed by atoms with Gasteiger partial charge in [-0.3, -0.25) is 4.79 Å². The van der Waals surface area contributed by atoms with Crippen molar-refractivity contribution in [1.29, 1.82) is 0 Å². The topological polar surface area (TPSA) is 52.3 Å². The van der Waals surface area contributed by atoms with Gasteiger partial charge in [0.05, 0.1) is 6.61 Å². The van der Waals surface area contributed by atoms with Gasteiger partial charge < -0.3 is 10.5 Å². The molecule has 1 unspecified atom stereocenters. The molecule has 2 N–H and O–H groups in total. The van der Waals surface area contributed by atoms with Crippen LogP contribution in [0.5, 0.6) is 0 Å². The summed E-state index contributed by atoms with van der Waals surface area (Å²) in [7, 11) is 0. The molecule has 0 saturated carbocycles. The minimum Gasteiger partial charge on any atom is -0.464 e. The average Bonchev–Trinajstić information content (AvgIpc) is 2.10. The average molecular weight is 224 g/mol. The second-order valence-corrected chi connectivity index (χ2v) is 3.66. The van der Waals surface area contributed by atoms with Crippen LogP contribution in [0.3, 0.4) is 0 Å². The van der Waals surface area contributed by atoms with Crippen molar-refractivity contribution in [2.24, 2.45) is 5.73 Å². The highest BCUT2D eigenvalue weighted by atomic mass is 35.5. The van der Waals surface area contributed by atoms with Gasteiger partial charge in [0.25, 0.3) is 0 Å². The normalized spacial score (nSPS) is 14.0. The predicted octanol–water partition coefficient (Wildman–Crippen LogP) is 2.27. The summed E-state index contributed by atoms with van der Waals surface area (Å²) in [4.78, 5) is 11.4. The van der Waals surface area contributed by atoms with Gasteiger partial charge in [0, 0.05) is 0 Å². The lowest BCUT2D eigenvalue weighted by molar-refractivity contribution is -0.149. The molecule has 0 aliphatic heterocycles. The maximum atomic E-state index is 11.4. The minimum atomic E-state index is -0.800. The van der Waals surface area contributed by atoms with Crippen molar-refractivity contribution in [2.75, 3.05) is 6.61 Å². The Bertz CT molecular complexity index is 160. The largest absolute Gasteiger partial charge is 0.464 e. The highest BCUT2D eigenvalue weighted by Gasteiger charge is 2.28. The first kappa shape index (κ1) is 16.2. The first-order valence-electron chi connectivity index (χ1n) is 5.00. The molecule has 0 spiro atoms. The van der Waals surface area contributed by atoms with Gasteiger partial charge in [-0.1, -0.05) is 26.7 Å². The SMILES string of the molecule is CCCCC(C)(N)C(=O)OCCC.Cl. The van der Waals surface area contributed by atoms with Crippen LogP contribution in [0.1, 0.15) is 46.5 Å². The number of nitrogens with two attached hydrogens (primary N) is 1. The van der Waals surface area contributed by atoms with Gasteiger partial charge >= 0.3 is 5.97 Å². The molecular formula is C10H22ClNO2. The lowest BCUT2D eigenvalue weighted by atomic mass is 9.97. The van der Waals surface area contributed by atoms with Gasteiger partial charge in [-0.15, -0.1) is 12.4 Å². The minimum absolute atomic E-state index is 0. The quantitative estimate of drug-likeness (QED) is 0.703. The van der Waals surface area contributed by atoms with Crippen molar-refractivity contribution < 1.29 is 9.53 Å². The smallest absolute Gasteiger partial charge is 0.325 e. The second kappa shape index (κ2) is 8.06. The fourth-order valence-electron chi connectivity index (χ4n) is 1.01. The summed E-state index contributed by atoms with van der Waals surface area (Å²) >= 11 is 0. The molecular weight excluding hydrogens is 202 g/mol. The Balaban J connectivity index is 0. The number of unbranched alkanes of at least 4 members (excludes halogenated alkanes) is 1. The molecule has 3 nitrogen and oxygen atoms in total. The van der Waals surface area contributed by atoms with Crippen LogP contribution in [0.4, 0.5) is 0 Å². The van der Waals surface area contributed by atoms with Crippen LogP contribution in [0.15, 0.2) is 0 Å². The van der Waals surface area contributed by atoms with Crippen LogP contribution in [0.2, 0.25) is 0 Å². The van der Waals surface area contributed by atoms with Crippen LogP contribution < -0.4 is 5.73 Å². The third-order valence-electron chi connectivity index (χ3n) is 1.95. The number of ether oxygens (including phenoxy) is 1. The summed E-state index contributed by atoms with van der Waals surface area (Å²) in [5.74, 6) is -0.275. The number of esters is 1. The molecule has 0 saturated heterocycles. The lowest BCUT2D eigenvalue weighted by Crippen LogP contribution is -2.46. The Morgan fingerprint density at radius 2 is 1.93 bits per heavy atom. The van der Waals surface area contributed by atoms with Crippen molar-refractivity contribution in [3.8, 4) is 0 Å². The predicted molar refractivity (Wildman–Crippen MR) is 60.6 cm³/mol. The van der Waals surface area contributed by atoms with Gasteiger partial charge in [-0.25, -0.2) is 0 Å². The van der Waals surface area contributed by atoms with Crippen LogP contribution in [0, 0.1) is 0 Å². The fraction of sp³-hybridized carbons (Fsp3) is 0.900. The number of halogens is 1. The Morgan fingerprint density at radius 1 is 1.36 bits per heavy atom. The van der Waals surface area contributed by atoms with Crippen LogP contribution in [0.25, 0.3) is 0 Å². The van der Waals surface area contributed by atoms with Crippen molar-refractivity contribution in [3.05, 3.63) is 0 Å². The molecule has 0 bridgehead atoms. The first-order valence-corrected chi connectivity index (χ1v) is 5.00. The molecule has 14 heavy (non-hydrogen) atoms. The van der Waals surface area contributed by atoms with E-state index in [9.17, 15) is 4.79 Å². The van der Waals surface area contributed by atoms with E-state index in [-0.39, 0.29) is 18.4 Å². The van der Waals surface area contributed by atoms with Crippen LogP contribution in [-0.4, -0.2) is 18.1 Å². The summed E-state index contributed by atoms with van der Waals surface area (Å²) in [6.07, 6.45) is 3.56. The molecule has 0 aromatic rings. The van der Waals surface area contributed by atoms with Crippen molar-refractivity contribution in [3.63, 3.8) is 0 Å². The molecule has 0 aromatic carbocycles. The zero-order valence-corrected chi connectivity index (χ0v) is 10.2. The summed E-state index contributed by atoms with van der Waals surface area (Å²) in [5.41, 5.74) is 5.01. The van der Waals surface area contributed by atoms with E-state index in [2.05, 4.69) is 6.92 Å². The summed E-state index contributed by atoms with van der Waals surface area (Å²) < 4.78 is 4.99. The first-order chi connectivity index (χ1) is 6.04. The van der Waals surface area contributed by atoms with E-state index in [0.29, 0.717) is 13.0 Å². The molecule has 86 valence electrons. The second-order valence-electron chi connectivity index (χ2n) is 3.66. The number of hydrogen-bond donors (Lipinski definition) is 1. The molecule has 0 aliphatic carbocycles. The number of carbonyl (C=O) groups is 1. The summed E-state index contributed by atoms with van der Waals surface area (Å²) in [6.45, 7) is 6.25. The van der Waals surface area contributed by atoms with Crippen LogP contribution in [-0.2, 0) is 9.53 Å². The lowest BCUT2D eigenvalue weighted by Gasteiger charge is -2.21. The van der Waals surface area contributed by atoms with Gasteiger partial charge in [-0.05, 0) is 19.8 Å². The van der Waals surface area contributed by atoms with E-state index in [1.165, 1.54) is 0 Å². The zero-order chi connectivity index (χ0) is 10.3. The highest BCUT2D eigenvalue weighted by Crippen LogP contribution is 2.12. The molecule has 0 radical (unpaired) electrons. The highest BCUT2D eigenvalue weighted by molar-refractivity contribution is 5.85. The summed E-state index contributed by atoms with van der Waals surface area (Å²) in [6, 6.07) is 0. The molecule has 4 heteroatoms. The maximum Gasteiger partial charge on any atom is 0.325 e. The van der Waals surface area contributed by atoms with Gasteiger partial charge in [-0.2, -0.15) is 0 Å². The monoisotopic (exact) mass is 223 g/mol. The van der Waals surface area contributed by atoms with E-state index in [4.69, 9.17) is 10.5 Å². The zero-order valence-electron chi connectivity index (χ0n) is 9.34. The van der Waals surface area contributed by atoms with Crippen molar-refractivity contribution in [2.45, 2.75) is 52.0 Å². The Morgan fingerprint density at radius 3 is 2.36 bits per heavy atom. The molecule has 0 aromatic heterocycles. The van der Waals surface area contributed by atoms with Gasteiger partial charge in [0.2, 0.25) is 0 Å². The van der Waals surface area contributed by atoms with E-state index in [1.54, 1.807) is 6.92 Å². The third kappa shape index (κ3) is 6.22. The third-order valence-corrected chi connectivity index (χ3v) is 1.95. The van der Waals surface area contributed by atoms with E-state index < -0.39 is 5.54 Å². The molecule has 0 amide bonds. The van der Waals surface area contributed by atoms with Crippen LogP contribution >= 0.6 is 12.4 Å². The molecule has 1 atom stereocenters. The van der Waals surface area contributed by atoms with Gasteiger partial charge in [0.15, 0.2) is 0 Å². The molecule has 0 rings (SSSR count). The summed E-state index contributed by atoms with van der Waals surface area (Å²) in [5, 5.41) is 0. The fourth-order valence-corrected chi connectivity index (χ4v) is 1.01. The number of carbonyl (C=O) groups excluding carboxylic acids is 1. The molecule has 0 heterocycles. The standard InChI is InChI=1S/C10H21NO2.ClH/c1-4-6-7-10(3,11)9(12)13-8-5-2;/h4-8,11H2,1-3H3;1H. The Hall–Kier alpha value is -0.280. The van der Waals surface area contributed by atoms with Crippen molar-refractivity contribution in [1.82, 2.24) is 0 Å². The number of hydrogen-bond acceptors (Lipinski definition) is 3. The molecule has 0 fully saturated rings. The van der Waals surface area contributed by atoms with E-state index in [1.807, 2.05) is 6.92 Å². The maximum absolute atomic E-state index is 11.4. The van der Waals surface area contributed by atoms with Crippen molar-refractivity contribution >= 4 is 18.4 Å². The Kier molecular flexibility index (Phi) is 9.31. The number of rotatable bonds is 6. The molecule has 0 aliphatic rings. The van der Waals surface area contributed by atoms with Gasteiger partial charge in [0.1, 0.15) is 5.54 Å². The van der Waals surface area contributed by atoms with E-state index in [0.717, 1.165) is 19.3 Å². The Labute approximate surface area is 92.8 Å².